The lowest BCUT2D eigenvalue weighted by atomic mass is 10.1. The number of benzene rings is 1. The minimum atomic E-state index is -0.0810. The molecule has 3 rings (SSSR count). The second kappa shape index (κ2) is 9.27. The highest BCUT2D eigenvalue weighted by atomic mass is 16.5. The molecule has 0 spiro atoms. The molecule has 0 saturated carbocycles. The number of hydrogen-bond donors (Lipinski definition) is 1. The molecule has 8 heteroatoms. The lowest BCUT2D eigenvalue weighted by molar-refractivity contribution is -0.120. The van der Waals surface area contributed by atoms with Crippen molar-refractivity contribution in [2.75, 3.05) is 34.0 Å². The number of hydrogen-bond acceptors (Lipinski definition) is 7. The molecule has 0 aliphatic carbocycles. The number of nitrogens with one attached hydrogen (secondary N) is 1. The molecule has 1 atom stereocenters. The van der Waals surface area contributed by atoms with Crippen molar-refractivity contribution in [3.8, 4) is 17.2 Å². The van der Waals surface area contributed by atoms with Gasteiger partial charge in [0.05, 0.1) is 32.9 Å². The lowest BCUT2D eigenvalue weighted by Gasteiger charge is -2.09. The molecule has 8 nitrogen and oxygen atoms in total. The molecule has 1 aliphatic heterocycles. The molecule has 2 aromatic rings. The van der Waals surface area contributed by atoms with Crippen molar-refractivity contribution in [1.82, 2.24) is 10.5 Å². The Bertz CT molecular complexity index is 754. The monoisotopic (exact) mass is 376 g/mol. The van der Waals surface area contributed by atoms with Crippen molar-refractivity contribution in [3.05, 3.63) is 35.7 Å². The van der Waals surface area contributed by atoms with Gasteiger partial charge in [-0.1, -0.05) is 5.16 Å². The first-order valence-corrected chi connectivity index (χ1v) is 8.81. The number of carbonyl (C=O) groups excluding carboxylic acids is 1. The number of aromatic nitrogens is 1. The van der Waals surface area contributed by atoms with Crippen molar-refractivity contribution in [3.63, 3.8) is 0 Å². The van der Waals surface area contributed by atoms with E-state index >= 15 is 0 Å². The van der Waals surface area contributed by atoms with Crippen LogP contribution in [0.4, 0.5) is 0 Å². The maximum atomic E-state index is 12.0. The highest BCUT2D eigenvalue weighted by Gasteiger charge is 2.17. The molecule has 1 unspecified atom stereocenters. The van der Waals surface area contributed by atoms with Crippen molar-refractivity contribution < 1.29 is 28.3 Å². The average molecular weight is 376 g/mol. The molecule has 0 radical (unpaired) electrons. The molecule has 1 saturated heterocycles. The summed E-state index contributed by atoms with van der Waals surface area (Å²) in [7, 11) is 3.14. The van der Waals surface area contributed by atoms with Crippen LogP contribution in [0.1, 0.15) is 17.9 Å². The summed E-state index contributed by atoms with van der Waals surface area (Å²) in [4.78, 5) is 12.0. The first-order valence-electron chi connectivity index (χ1n) is 8.81. The van der Waals surface area contributed by atoms with Gasteiger partial charge < -0.3 is 28.8 Å². The number of methoxy groups -OCH3 is 2. The van der Waals surface area contributed by atoms with Gasteiger partial charge in [-0.25, -0.2) is 0 Å². The first-order chi connectivity index (χ1) is 13.2. The fourth-order valence-corrected chi connectivity index (χ4v) is 2.80. The molecule has 1 N–H and O–H groups in total. The van der Waals surface area contributed by atoms with Crippen LogP contribution in [-0.4, -0.2) is 45.0 Å². The Morgan fingerprint density at radius 1 is 1.26 bits per heavy atom. The second-order valence-corrected chi connectivity index (χ2v) is 6.30. The highest BCUT2D eigenvalue weighted by Crippen LogP contribution is 2.31. The fourth-order valence-electron chi connectivity index (χ4n) is 2.80. The van der Waals surface area contributed by atoms with Gasteiger partial charge in [0.1, 0.15) is 12.4 Å². The molecule has 1 fully saturated rings. The summed E-state index contributed by atoms with van der Waals surface area (Å²) in [6, 6.07) is 6.99. The Morgan fingerprint density at radius 2 is 2.11 bits per heavy atom. The van der Waals surface area contributed by atoms with E-state index in [1.807, 2.05) is 0 Å². The largest absolute Gasteiger partial charge is 0.493 e. The fraction of sp³-hybridized carbons (Fsp3) is 0.474. The zero-order valence-corrected chi connectivity index (χ0v) is 15.5. The van der Waals surface area contributed by atoms with Gasteiger partial charge in [0, 0.05) is 31.2 Å². The Hall–Kier alpha value is -2.74. The van der Waals surface area contributed by atoms with Crippen LogP contribution < -0.4 is 19.5 Å². The highest BCUT2D eigenvalue weighted by molar-refractivity contribution is 5.78. The zero-order valence-electron chi connectivity index (χ0n) is 15.5. The van der Waals surface area contributed by atoms with Gasteiger partial charge in [-0.3, -0.25) is 4.79 Å². The van der Waals surface area contributed by atoms with Gasteiger partial charge >= 0.3 is 0 Å². The van der Waals surface area contributed by atoms with E-state index in [4.69, 9.17) is 23.5 Å². The van der Waals surface area contributed by atoms with Gasteiger partial charge in [0.15, 0.2) is 17.3 Å². The van der Waals surface area contributed by atoms with Crippen molar-refractivity contribution >= 4 is 5.91 Å². The number of amides is 1. The normalized spacial score (nSPS) is 16.1. The van der Waals surface area contributed by atoms with E-state index in [9.17, 15) is 4.79 Å². The lowest BCUT2D eigenvalue weighted by Crippen LogP contribution is -2.30. The third-order valence-corrected chi connectivity index (χ3v) is 4.30. The third kappa shape index (κ3) is 5.37. The van der Waals surface area contributed by atoms with Crippen molar-refractivity contribution in [1.29, 1.82) is 0 Å². The van der Waals surface area contributed by atoms with Gasteiger partial charge in [-0.05, 0) is 18.6 Å². The molecule has 1 aliphatic rings. The predicted molar refractivity (Wildman–Crippen MR) is 96.0 cm³/mol. The molecule has 27 heavy (non-hydrogen) atoms. The van der Waals surface area contributed by atoms with Crippen molar-refractivity contribution in [2.24, 2.45) is 5.92 Å². The quantitative estimate of drug-likeness (QED) is 0.715. The maximum absolute atomic E-state index is 12.0. The summed E-state index contributed by atoms with van der Waals surface area (Å²) in [5.74, 6) is 2.68. The second-order valence-electron chi connectivity index (χ2n) is 6.30. The maximum Gasteiger partial charge on any atom is 0.226 e. The topological polar surface area (TPSA) is 92.1 Å². The first kappa shape index (κ1) is 19.0. The molecule has 1 amide bonds. The molecule has 2 heterocycles. The van der Waals surface area contributed by atoms with E-state index in [2.05, 4.69) is 10.5 Å². The molecule has 0 bridgehead atoms. The summed E-state index contributed by atoms with van der Waals surface area (Å²) in [5, 5.41) is 6.83. The van der Waals surface area contributed by atoms with Crippen LogP contribution in [0.5, 0.6) is 17.2 Å². The molecule has 146 valence electrons. The van der Waals surface area contributed by atoms with Crippen LogP contribution in [0.25, 0.3) is 0 Å². The Labute approximate surface area is 157 Å². The predicted octanol–water partition coefficient (Wildman–Crippen LogP) is 1.97. The molecule has 1 aromatic heterocycles. The van der Waals surface area contributed by atoms with Gasteiger partial charge in [0.2, 0.25) is 5.91 Å². The van der Waals surface area contributed by atoms with E-state index in [0.717, 1.165) is 13.0 Å². The van der Waals surface area contributed by atoms with E-state index < -0.39 is 0 Å². The van der Waals surface area contributed by atoms with Crippen LogP contribution >= 0.6 is 0 Å². The van der Waals surface area contributed by atoms with Crippen LogP contribution in [-0.2, 0) is 22.6 Å². The summed E-state index contributed by atoms with van der Waals surface area (Å²) < 4.78 is 26.6. The van der Waals surface area contributed by atoms with Crippen LogP contribution in [0, 0.1) is 5.92 Å². The third-order valence-electron chi connectivity index (χ3n) is 4.30. The standard InChI is InChI=1S/C19H24N2O6/c1-23-17-4-3-15(9-18(17)24-2)26-12-16-7-14(21-27-16)8-19(22)20-10-13-5-6-25-11-13/h3-4,7,9,13H,5-6,8,10-12H2,1-2H3,(H,20,22). The average Bonchev–Trinajstić information content (AvgIpc) is 3.36. The summed E-state index contributed by atoms with van der Waals surface area (Å²) in [6.45, 7) is 2.31. The van der Waals surface area contributed by atoms with Crippen molar-refractivity contribution in [2.45, 2.75) is 19.4 Å². The van der Waals surface area contributed by atoms with Gasteiger partial charge in [-0.2, -0.15) is 0 Å². The van der Waals surface area contributed by atoms with Crippen LogP contribution in [0.3, 0.4) is 0 Å². The molecular formula is C19H24N2O6. The Balaban J connectivity index is 1.47. The van der Waals surface area contributed by atoms with E-state index in [0.29, 0.717) is 47.8 Å². The minimum absolute atomic E-state index is 0.0810. The van der Waals surface area contributed by atoms with E-state index in [-0.39, 0.29) is 18.9 Å². The summed E-state index contributed by atoms with van der Waals surface area (Å²) in [5.41, 5.74) is 0.570. The number of ether oxygens (including phenoxy) is 4. The molecular weight excluding hydrogens is 352 g/mol. The van der Waals surface area contributed by atoms with E-state index in [1.165, 1.54) is 0 Å². The number of nitrogens with zero attached hydrogens (tertiary/aromatic N) is 1. The van der Waals surface area contributed by atoms with Crippen LogP contribution in [0.15, 0.2) is 28.8 Å². The minimum Gasteiger partial charge on any atom is -0.493 e. The van der Waals surface area contributed by atoms with Gasteiger partial charge in [0.25, 0.3) is 0 Å². The zero-order chi connectivity index (χ0) is 19.1. The van der Waals surface area contributed by atoms with Crippen LogP contribution in [0.2, 0.25) is 0 Å². The molecule has 1 aromatic carbocycles. The Kier molecular flexibility index (Phi) is 6.54. The van der Waals surface area contributed by atoms with E-state index in [1.54, 1.807) is 38.5 Å². The summed E-state index contributed by atoms with van der Waals surface area (Å²) >= 11 is 0. The number of rotatable bonds is 9. The smallest absolute Gasteiger partial charge is 0.226 e. The van der Waals surface area contributed by atoms with Gasteiger partial charge in [-0.15, -0.1) is 0 Å². The Morgan fingerprint density at radius 3 is 2.85 bits per heavy atom. The SMILES string of the molecule is COc1ccc(OCc2cc(CC(=O)NCC3CCOC3)no2)cc1OC. The summed E-state index contributed by atoms with van der Waals surface area (Å²) in [6.07, 6.45) is 1.16. The number of carbonyl (C=O) groups is 1.